The highest BCUT2D eigenvalue weighted by molar-refractivity contribution is 5.88. The van der Waals surface area contributed by atoms with E-state index < -0.39 is 11.7 Å². The second kappa shape index (κ2) is 9.04. The molecule has 1 aliphatic rings. The topological polar surface area (TPSA) is 65.4 Å². The standard InChI is InChI=1S/C23H22F3N3O3/c1-2-22(30)27-12-20-19-11-18(32-14-15-9-10-31-13-15)7-8-21(19)29(28-20)17-5-3-16(4-6-17)23(24,25)26/h2-8,11,15H,1,9-10,12-14H2,(H,27,30)/t15-/m1/s1. The Bertz CT molecular complexity index is 1120. The zero-order valence-electron chi connectivity index (χ0n) is 17.2. The Kier molecular flexibility index (Phi) is 6.18. The zero-order chi connectivity index (χ0) is 22.7. The molecule has 1 atom stereocenters. The molecule has 0 aliphatic carbocycles. The summed E-state index contributed by atoms with van der Waals surface area (Å²) >= 11 is 0. The molecular formula is C23H22F3N3O3. The van der Waals surface area contributed by atoms with E-state index in [1.165, 1.54) is 12.1 Å². The summed E-state index contributed by atoms with van der Waals surface area (Å²) in [5.74, 6) is 0.635. The molecule has 1 aliphatic heterocycles. The molecule has 1 saturated heterocycles. The van der Waals surface area contributed by atoms with Gasteiger partial charge in [-0.15, -0.1) is 0 Å². The molecule has 0 unspecified atom stereocenters. The third kappa shape index (κ3) is 4.77. The van der Waals surface area contributed by atoms with Crippen LogP contribution in [0.1, 0.15) is 17.7 Å². The van der Waals surface area contributed by atoms with Gasteiger partial charge in [-0.1, -0.05) is 6.58 Å². The van der Waals surface area contributed by atoms with Gasteiger partial charge in [0.2, 0.25) is 5.91 Å². The summed E-state index contributed by atoms with van der Waals surface area (Å²) in [5.41, 5.74) is 0.984. The van der Waals surface area contributed by atoms with Crippen LogP contribution in [-0.4, -0.2) is 35.5 Å². The molecule has 2 heterocycles. The van der Waals surface area contributed by atoms with Gasteiger partial charge < -0.3 is 14.8 Å². The van der Waals surface area contributed by atoms with Crippen LogP contribution in [0.5, 0.6) is 5.75 Å². The summed E-state index contributed by atoms with van der Waals surface area (Å²) in [4.78, 5) is 11.6. The normalized spacial score (nSPS) is 16.3. The maximum Gasteiger partial charge on any atom is 0.416 e. The lowest BCUT2D eigenvalue weighted by Crippen LogP contribution is -2.20. The first kappa shape index (κ1) is 21.9. The second-order valence-electron chi connectivity index (χ2n) is 7.54. The minimum atomic E-state index is -4.42. The van der Waals surface area contributed by atoms with Crippen LogP contribution in [0, 0.1) is 5.92 Å². The summed E-state index contributed by atoms with van der Waals surface area (Å²) in [6, 6.07) is 10.2. The summed E-state index contributed by atoms with van der Waals surface area (Å²) < 4.78 is 51.6. The van der Waals surface area contributed by atoms with E-state index in [1.54, 1.807) is 16.8 Å². The molecule has 168 valence electrons. The average Bonchev–Trinajstić information content (AvgIpc) is 3.43. The average molecular weight is 445 g/mol. The number of carbonyl (C=O) groups excluding carboxylic acids is 1. The number of ether oxygens (including phenoxy) is 2. The van der Waals surface area contributed by atoms with Gasteiger partial charge in [-0.05, 0) is 55.0 Å². The molecular weight excluding hydrogens is 423 g/mol. The molecule has 4 rings (SSSR count). The quantitative estimate of drug-likeness (QED) is 0.552. The number of nitrogens with zero attached hydrogens (tertiary/aromatic N) is 2. The monoisotopic (exact) mass is 445 g/mol. The van der Waals surface area contributed by atoms with Gasteiger partial charge in [0.15, 0.2) is 0 Å². The third-order valence-corrected chi connectivity index (χ3v) is 5.29. The lowest BCUT2D eigenvalue weighted by molar-refractivity contribution is -0.137. The van der Waals surface area contributed by atoms with Crippen LogP contribution in [-0.2, 0) is 22.3 Å². The predicted octanol–water partition coefficient (Wildman–Crippen LogP) is 4.26. The summed E-state index contributed by atoms with van der Waals surface area (Å²) in [6.07, 6.45) is -2.30. The van der Waals surface area contributed by atoms with Crippen molar-refractivity contribution in [3.63, 3.8) is 0 Å². The van der Waals surface area contributed by atoms with Gasteiger partial charge >= 0.3 is 6.18 Å². The fourth-order valence-electron chi connectivity index (χ4n) is 3.54. The van der Waals surface area contributed by atoms with Gasteiger partial charge in [-0.3, -0.25) is 4.79 Å². The van der Waals surface area contributed by atoms with Crippen LogP contribution in [0.2, 0.25) is 0 Å². The lowest BCUT2D eigenvalue weighted by atomic mass is 10.1. The maximum atomic E-state index is 12.9. The Balaban J connectivity index is 1.67. The number of hydrogen-bond acceptors (Lipinski definition) is 4. The number of benzene rings is 2. The predicted molar refractivity (Wildman–Crippen MR) is 113 cm³/mol. The molecule has 32 heavy (non-hydrogen) atoms. The molecule has 0 bridgehead atoms. The van der Waals surface area contributed by atoms with Gasteiger partial charge in [0, 0.05) is 17.9 Å². The molecule has 1 aromatic heterocycles. The van der Waals surface area contributed by atoms with Crippen molar-refractivity contribution in [1.82, 2.24) is 15.1 Å². The number of fused-ring (bicyclic) bond motifs is 1. The van der Waals surface area contributed by atoms with Gasteiger partial charge in [-0.2, -0.15) is 18.3 Å². The fourth-order valence-corrected chi connectivity index (χ4v) is 3.54. The Morgan fingerprint density at radius 3 is 2.72 bits per heavy atom. The number of halogens is 3. The number of amides is 1. The zero-order valence-corrected chi connectivity index (χ0v) is 17.2. The minimum Gasteiger partial charge on any atom is -0.493 e. The largest absolute Gasteiger partial charge is 0.493 e. The molecule has 3 aromatic rings. The van der Waals surface area contributed by atoms with Gasteiger partial charge in [-0.25, -0.2) is 4.68 Å². The highest BCUT2D eigenvalue weighted by Gasteiger charge is 2.30. The molecule has 9 heteroatoms. The molecule has 6 nitrogen and oxygen atoms in total. The summed E-state index contributed by atoms with van der Waals surface area (Å²) in [7, 11) is 0. The molecule has 0 saturated carbocycles. The van der Waals surface area contributed by atoms with Gasteiger partial charge in [0.25, 0.3) is 0 Å². The van der Waals surface area contributed by atoms with Crippen molar-refractivity contribution in [3.05, 3.63) is 66.4 Å². The van der Waals surface area contributed by atoms with Crippen molar-refractivity contribution in [1.29, 1.82) is 0 Å². The van der Waals surface area contributed by atoms with Crippen molar-refractivity contribution < 1.29 is 27.4 Å². The third-order valence-electron chi connectivity index (χ3n) is 5.29. The van der Waals surface area contributed by atoms with Crippen LogP contribution in [0.25, 0.3) is 16.6 Å². The highest BCUT2D eigenvalue weighted by Crippen LogP contribution is 2.31. The van der Waals surface area contributed by atoms with E-state index in [1.807, 2.05) is 6.07 Å². The summed E-state index contributed by atoms with van der Waals surface area (Å²) in [5, 5.41) is 7.97. The molecule has 2 aromatic carbocycles. The van der Waals surface area contributed by atoms with Crippen LogP contribution in [0.4, 0.5) is 13.2 Å². The Morgan fingerprint density at radius 1 is 1.28 bits per heavy atom. The van der Waals surface area contributed by atoms with Crippen LogP contribution >= 0.6 is 0 Å². The van der Waals surface area contributed by atoms with E-state index in [9.17, 15) is 18.0 Å². The molecule has 1 fully saturated rings. The number of hydrogen-bond donors (Lipinski definition) is 1. The summed E-state index contributed by atoms with van der Waals surface area (Å²) in [6.45, 7) is 5.50. The Labute approximate surface area is 182 Å². The van der Waals surface area contributed by atoms with E-state index in [4.69, 9.17) is 9.47 Å². The number of rotatable bonds is 7. The first-order chi connectivity index (χ1) is 15.3. The number of nitrogens with one attached hydrogen (secondary N) is 1. The SMILES string of the molecule is C=CC(=O)NCc1nn(-c2ccc(C(F)(F)F)cc2)c2ccc(OC[C@@H]3CCOC3)cc12. The second-order valence-corrected chi connectivity index (χ2v) is 7.54. The Morgan fingerprint density at radius 2 is 2.06 bits per heavy atom. The number of aromatic nitrogens is 2. The van der Waals surface area contributed by atoms with Crippen LogP contribution < -0.4 is 10.1 Å². The van der Waals surface area contributed by atoms with Crippen molar-refractivity contribution in [2.75, 3.05) is 19.8 Å². The number of carbonyl (C=O) groups is 1. The van der Waals surface area contributed by atoms with E-state index in [-0.39, 0.29) is 12.5 Å². The van der Waals surface area contributed by atoms with E-state index >= 15 is 0 Å². The molecule has 1 amide bonds. The first-order valence-electron chi connectivity index (χ1n) is 10.2. The van der Waals surface area contributed by atoms with E-state index in [0.29, 0.717) is 41.8 Å². The molecule has 1 N–H and O–H groups in total. The van der Waals surface area contributed by atoms with Crippen LogP contribution in [0.3, 0.4) is 0 Å². The lowest BCUT2D eigenvalue weighted by Gasteiger charge is -2.11. The van der Waals surface area contributed by atoms with Crippen molar-refractivity contribution in [2.24, 2.45) is 5.92 Å². The van der Waals surface area contributed by atoms with Gasteiger partial charge in [0.1, 0.15) is 5.75 Å². The molecule has 0 radical (unpaired) electrons. The van der Waals surface area contributed by atoms with Gasteiger partial charge in [0.05, 0.1) is 42.2 Å². The van der Waals surface area contributed by atoms with E-state index in [2.05, 4.69) is 17.0 Å². The smallest absolute Gasteiger partial charge is 0.416 e. The molecule has 0 spiro atoms. The fraction of sp³-hybridized carbons (Fsp3) is 0.304. The number of alkyl halides is 3. The van der Waals surface area contributed by atoms with Crippen molar-refractivity contribution >= 4 is 16.8 Å². The highest BCUT2D eigenvalue weighted by atomic mass is 19.4. The van der Waals surface area contributed by atoms with Crippen LogP contribution in [0.15, 0.2) is 55.1 Å². The van der Waals surface area contributed by atoms with E-state index in [0.717, 1.165) is 36.6 Å². The first-order valence-corrected chi connectivity index (χ1v) is 10.2. The van der Waals surface area contributed by atoms with Crippen molar-refractivity contribution in [3.8, 4) is 11.4 Å². The Hall–Kier alpha value is -3.33. The maximum absolute atomic E-state index is 12.9. The minimum absolute atomic E-state index is 0.134. The van der Waals surface area contributed by atoms with Crippen molar-refractivity contribution in [2.45, 2.75) is 19.1 Å².